The highest BCUT2D eigenvalue weighted by molar-refractivity contribution is 7.80. The number of hydrogen-bond acceptors (Lipinski definition) is 1. The first-order valence-electron chi connectivity index (χ1n) is 6.00. The SMILES string of the molecule is C[C@@H]1CCCCN1C(=S)Nc1ccc(Cl)cc1. The molecule has 0 saturated carbocycles. The van der Waals surface area contributed by atoms with E-state index in [9.17, 15) is 0 Å². The van der Waals surface area contributed by atoms with E-state index >= 15 is 0 Å². The fourth-order valence-corrected chi connectivity index (χ4v) is 2.64. The molecule has 1 aliphatic rings. The van der Waals surface area contributed by atoms with Crippen LogP contribution in [0.5, 0.6) is 0 Å². The Hall–Kier alpha value is -0.800. The van der Waals surface area contributed by atoms with Crippen LogP contribution in [0.2, 0.25) is 5.02 Å². The summed E-state index contributed by atoms with van der Waals surface area (Å²) >= 11 is 11.3. The molecule has 17 heavy (non-hydrogen) atoms. The summed E-state index contributed by atoms with van der Waals surface area (Å²) in [5, 5.41) is 4.83. The summed E-state index contributed by atoms with van der Waals surface area (Å²) in [6, 6.07) is 8.17. The number of nitrogens with zero attached hydrogens (tertiary/aromatic N) is 1. The Bertz CT molecular complexity index is 391. The summed E-state index contributed by atoms with van der Waals surface area (Å²) in [4.78, 5) is 2.27. The summed E-state index contributed by atoms with van der Waals surface area (Å²) in [6.07, 6.45) is 3.76. The Balaban J connectivity index is 1.98. The Morgan fingerprint density at radius 3 is 2.71 bits per heavy atom. The molecule has 2 nitrogen and oxygen atoms in total. The number of likely N-dealkylation sites (tertiary alicyclic amines) is 1. The van der Waals surface area contributed by atoms with Crippen LogP contribution in [0.25, 0.3) is 0 Å². The van der Waals surface area contributed by atoms with Crippen molar-refractivity contribution in [3.05, 3.63) is 29.3 Å². The molecule has 1 heterocycles. The molecule has 2 rings (SSSR count). The van der Waals surface area contributed by atoms with Crippen molar-refractivity contribution in [2.45, 2.75) is 32.2 Å². The molecule has 1 atom stereocenters. The Morgan fingerprint density at radius 1 is 1.35 bits per heavy atom. The maximum absolute atomic E-state index is 5.85. The van der Waals surface area contributed by atoms with Gasteiger partial charge in [0, 0.05) is 23.3 Å². The molecule has 1 N–H and O–H groups in total. The Labute approximate surface area is 113 Å². The third-order valence-corrected chi connectivity index (χ3v) is 3.75. The first-order valence-corrected chi connectivity index (χ1v) is 6.78. The molecule has 1 fully saturated rings. The van der Waals surface area contributed by atoms with Gasteiger partial charge in [-0.05, 0) is 62.7 Å². The van der Waals surface area contributed by atoms with Gasteiger partial charge < -0.3 is 10.2 Å². The van der Waals surface area contributed by atoms with Gasteiger partial charge in [0.25, 0.3) is 0 Å². The van der Waals surface area contributed by atoms with Gasteiger partial charge in [-0.25, -0.2) is 0 Å². The molecule has 1 aromatic carbocycles. The van der Waals surface area contributed by atoms with E-state index in [0.717, 1.165) is 22.4 Å². The fourth-order valence-electron chi connectivity index (χ4n) is 2.13. The lowest BCUT2D eigenvalue weighted by Crippen LogP contribution is -2.44. The monoisotopic (exact) mass is 268 g/mol. The van der Waals surface area contributed by atoms with E-state index in [-0.39, 0.29) is 0 Å². The van der Waals surface area contributed by atoms with E-state index in [2.05, 4.69) is 17.1 Å². The van der Waals surface area contributed by atoms with Crippen LogP contribution in [-0.4, -0.2) is 22.6 Å². The van der Waals surface area contributed by atoms with Crippen LogP contribution < -0.4 is 5.32 Å². The maximum atomic E-state index is 5.85. The maximum Gasteiger partial charge on any atom is 0.173 e. The minimum Gasteiger partial charge on any atom is -0.346 e. The fraction of sp³-hybridized carbons (Fsp3) is 0.462. The van der Waals surface area contributed by atoms with E-state index in [4.69, 9.17) is 23.8 Å². The van der Waals surface area contributed by atoms with E-state index in [1.807, 2.05) is 24.3 Å². The van der Waals surface area contributed by atoms with E-state index in [1.165, 1.54) is 19.3 Å². The minimum absolute atomic E-state index is 0.538. The first kappa shape index (κ1) is 12.7. The van der Waals surface area contributed by atoms with Crippen LogP contribution in [0.15, 0.2) is 24.3 Å². The highest BCUT2D eigenvalue weighted by Crippen LogP contribution is 2.19. The molecule has 0 amide bonds. The van der Waals surface area contributed by atoms with Gasteiger partial charge in [-0.1, -0.05) is 11.6 Å². The van der Waals surface area contributed by atoms with Crippen molar-refractivity contribution in [1.82, 2.24) is 4.90 Å². The highest BCUT2D eigenvalue weighted by atomic mass is 35.5. The predicted molar refractivity (Wildman–Crippen MR) is 77.7 cm³/mol. The average Bonchev–Trinajstić information content (AvgIpc) is 2.32. The van der Waals surface area contributed by atoms with Gasteiger partial charge in [0.15, 0.2) is 5.11 Å². The third-order valence-electron chi connectivity index (χ3n) is 3.16. The van der Waals surface area contributed by atoms with Gasteiger partial charge >= 0.3 is 0 Å². The van der Waals surface area contributed by atoms with Crippen LogP contribution in [-0.2, 0) is 0 Å². The Kier molecular flexibility index (Phi) is 4.24. The lowest BCUT2D eigenvalue weighted by atomic mass is 10.0. The van der Waals surface area contributed by atoms with Gasteiger partial charge in [-0.3, -0.25) is 0 Å². The van der Waals surface area contributed by atoms with E-state index in [1.54, 1.807) is 0 Å². The van der Waals surface area contributed by atoms with Crippen LogP contribution in [0, 0.1) is 0 Å². The zero-order valence-electron chi connectivity index (χ0n) is 9.95. The number of benzene rings is 1. The van der Waals surface area contributed by atoms with E-state index < -0.39 is 0 Å². The van der Waals surface area contributed by atoms with Crippen molar-refractivity contribution in [3.63, 3.8) is 0 Å². The zero-order chi connectivity index (χ0) is 12.3. The Morgan fingerprint density at radius 2 is 2.06 bits per heavy atom. The predicted octanol–water partition coefficient (Wildman–Crippen LogP) is 3.91. The van der Waals surface area contributed by atoms with Gasteiger partial charge in [0.2, 0.25) is 0 Å². The summed E-state index contributed by atoms with van der Waals surface area (Å²) in [5.41, 5.74) is 0.997. The summed E-state index contributed by atoms with van der Waals surface area (Å²) < 4.78 is 0. The van der Waals surface area contributed by atoms with Crippen LogP contribution in [0.1, 0.15) is 26.2 Å². The van der Waals surface area contributed by atoms with Crippen molar-refractivity contribution in [2.75, 3.05) is 11.9 Å². The molecule has 0 bridgehead atoms. The van der Waals surface area contributed by atoms with Crippen molar-refractivity contribution in [1.29, 1.82) is 0 Å². The lowest BCUT2D eigenvalue weighted by Gasteiger charge is -2.35. The number of rotatable bonds is 1. The molecule has 1 aliphatic heterocycles. The minimum atomic E-state index is 0.538. The molecular weight excluding hydrogens is 252 g/mol. The lowest BCUT2D eigenvalue weighted by molar-refractivity contribution is 0.262. The van der Waals surface area contributed by atoms with E-state index in [0.29, 0.717) is 6.04 Å². The molecule has 92 valence electrons. The molecule has 1 saturated heterocycles. The first-order chi connectivity index (χ1) is 8.16. The molecule has 4 heteroatoms. The number of hydrogen-bond donors (Lipinski definition) is 1. The number of piperidine rings is 1. The second-order valence-corrected chi connectivity index (χ2v) is 5.30. The van der Waals surface area contributed by atoms with Gasteiger partial charge in [0.05, 0.1) is 0 Å². The second-order valence-electron chi connectivity index (χ2n) is 4.48. The number of nitrogens with one attached hydrogen (secondary N) is 1. The molecular formula is C13H17ClN2S. The van der Waals surface area contributed by atoms with Crippen molar-refractivity contribution in [2.24, 2.45) is 0 Å². The molecule has 1 aromatic rings. The highest BCUT2D eigenvalue weighted by Gasteiger charge is 2.20. The van der Waals surface area contributed by atoms with Gasteiger partial charge in [0.1, 0.15) is 0 Å². The van der Waals surface area contributed by atoms with Crippen LogP contribution >= 0.6 is 23.8 Å². The quantitative estimate of drug-likeness (QED) is 0.778. The normalized spacial score (nSPS) is 20.1. The zero-order valence-corrected chi connectivity index (χ0v) is 11.5. The summed E-state index contributed by atoms with van der Waals surface area (Å²) in [6.45, 7) is 3.29. The smallest absolute Gasteiger partial charge is 0.173 e. The number of thiocarbonyl (C=S) groups is 1. The number of halogens is 1. The summed E-state index contributed by atoms with van der Waals surface area (Å²) in [7, 11) is 0. The summed E-state index contributed by atoms with van der Waals surface area (Å²) in [5.74, 6) is 0. The van der Waals surface area contributed by atoms with Gasteiger partial charge in [-0.15, -0.1) is 0 Å². The van der Waals surface area contributed by atoms with Crippen LogP contribution in [0.3, 0.4) is 0 Å². The van der Waals surface area contributed by atoms with Crippen molar-refractivity contribution in [3.8, 4) is 0 Å². The molecule has 0 aliphatic carbocycles. The second kappa shape index (κ2) is 5.69. The largest absolute Gasteiger partial charge is 0.346 e. The molecule has 0 spiro atoms. The molecule has 0 aromatic heterocycles. The third kappa shape index (κ3) is 3.33. The standard InChI is InChI=1S/C13H17ClN2S/c1-10-4-2-3-9-16(10)13(17)15-12-7-5-11(14)6-8-12/h5-8,10H,2-4,9H2,1H3,(H,15,17)/t10-/m1/s1. The molecule has 0 radical (unpaired) electrons. The number of anilines is 1. The van der Waals surface area contributed by atoms with Crippen LogP contribution in [0.4, 0.5) is 5.69 Å². The topological polar surface area (TPSA) is 15.3 Å². The van der Waals surface area contributed by atoms with Gasteiger partial charge in [-0.2, -0.15) is 0 Å². The average molecular weight is 269 g/mol. The molecule has 0 unspecified atom stereocenters. The van der Waals surface area contributed by atoms with Crippen molar-refractivity contribution < 1.29 is 0 Å². The van der Waals surface area contributed by atoms with Crippen molar-refractivity contribution >= 4 is 34.6 Å².